The molecule has 1 aliphatic rings. The quantitative estimate of drug-likeness (QED) is 0.884. The molecule has 5 heteroatoms. The molecule has 21 heavy (non-hydrogen) atoms. The number of hydrogen-bond acceptors (Lipinski definition) is 3. The summed E-state index contributed by atoms with van der Waals surface area (Å²) in [7, 11) is 1.98. The molecule has 1 N–H and O–H groups in total. The first-order valence-electron chi connectivity index (χ1n) is 7.16. The minimum Gasteiger partial charge on any atom is -0.478 e. The number of aryl methyl sites for hydroxylation is 1. The van der Waals surface area contributed by atoms with E-state index in [9.17, 15) is 9.90 Å². The molecule has 0 bridgehead atoms. The first-order valence-corrected chi connectivity index (χ1v) is 7.16. The van der Waals surface area contributed by atoms with E-state index in [1.165, 1.54) is 12.8 Å². The Kier molecular flexibility index (Phi) is 3.75. The number of carboxylic acids is 1. The molecule has 5 nitrogen and oxygen atoms in total. The van der Waals surface area contributed by atoms with Crippen LogP contribution in [0.5, 0.6) is 0 Å². The van der Waals surface area contributed by atoms with Crippen molar-refractivity contribution in [2.45, 2.75) is 32.0 Å². The molecule has 0 spiro atoms. The lowest BCUT2D eigenvalue weighted by atomic mass is 10.1. The maximum Gasteiger partial charge on any atom is 0.336 e. The van der Waals surface area contributed by atoms with Gasteiger partial charge in [0.05, 0.1) is 12.1 Å². The second kappa shape index (κ2) is 5.69. The van der Waals surface area contributed by atoms with Crippen LogP contribution in [0.4, 0.5) is 0 Å². The molecule has 1 aromatic heterocycles. The summed E-state index contributed by atoms with van der Waals surface area (Å²) in [6.07, 6.45) is 6.09. The van der Waals surface area contributed by atoms with Gasteiger partial charge < -0.3 is 9.67 Å². The van der Waals surface area contributed by atoms with Gasteiger partial charge in [0.2, 0.25) is 0 Å². The van der Waals surface area contributed by atoms with Gasteiger partial charge >= 0.3 is 5.97 Å². The van der Waals surface area contributed by atoms with Crippen LogP contribution in [0.3, 0.4) is 0 Å². The summed E-state index contributed by atoms with van der Waals surface area (Å²) in [6, 6.07) is 7.78. The summed E-state index contributed by atoms with van der Waals surface area (Å²) in [5.74, 6) is 0.146. The van der Waals surface area contributed by atoms with E-state index in [0.717, 1.165) is 17.9 Å². The molecule has 1 aromatic carbocycles. The topological polar surface area (TPSA) is 58.4 Å². The molecule has 0 unspecified atom stereocenters. The molecule has 1 fully saturated rings. The highest BCUT2D eigenvalue weighted by molar-refractivity contribution is 5.89. The van der Waals surface area contributed by atoms with Crippen LogP contribution in [0.15, 0.2) is 36.7 Å². The number of aromatic nitrogens is 2. The highest BCUT2D eigenvalue weighted by Gasteiger charge is 2.30. The summed E-state index contributed by atoms with van der Waals surface area (Å²) in [4.78, 5) is 18.0. The van der Waals surface area contributed by atoms with Crippen molar-refractivity contribution in [3.63, 3.8) is 0 Å². The van der Waals surface area contributed by atoms with E-state index in [4.69, 9.17) is 0 Å². The zero-order chi connectivity index (χ0) is 14.8. The number of hydrogen-bond donors (Lipinski definition) is 1. The van der Waals surface area contributed by atoms with Gasteiger partial charge in [-0.3, -0.25) is 4.90 Å². The number of aromatic carboxylic acids is 1. The molecule has 0 radical (unpaired) electrons. The zero-order valence-electron chi connectivity index (χ0n) is 12.1. The van der Waals surface area contributed by atoms with Gasteiger partial charge in [-0.05, 0) is 24.5 Å². The maximum atomic E-state index is 11.3. The van der Waals surface area contributed by atoms with E-state index in [1.807, 2.05) is 29.9 Å². The predicted molar refractivity (Wildman–Crippen MR) is 78.9 cm³/mol. The minimum atomic E-state index is -0.863. The smallest absolute Gasteiger partial charge is 0.336 e. The van der Waals surface area contributed by atoms with Gasteiger partial charge in [0.25, 0.3) is 0 Å². The molecule has 0 amide bonds. The molecule has 1 saturated carbocycles. The number of carbonyl (C=O) groups is 1. The highest BCUT2D eigenvalue weighted by atomic mass is 16.4. The molecule has 0 aliphatic heterocycles. The Morgan fingerprint density at radius 1 is 1.38 bits per heavy atom. The molecular formula is C16H19N3O2. The third-order valence-electron chi connectivity index (χ3n) is 3.95. The fourth-order valence-electron chi connectivity index (χ4n) is 2.57. The van der Waals surface area contributed by atoms with Gasteiger partial charge in [-0.2, -0.15) is 0 Å². The Labute approximate surface area is 123 Å². The van der Waals surface area contributed by atoms with Crippen LogP contribution in [-0.4, -0.2) is 31.6 Å². The lowest BCUT2D eigenvalue weighted by Crippen LogP contribution is -2.27. The van der Waals surface area contributed by atoms with Crippen molar-refractivity contribution < 1.29 is 9.90 Å². The Morgan fingerprint density at radius 2 is 2.14 bits per heavy atom. The molecule has 1 aliphatic carbocycles. The van der Waals surface area contributed by atoms with E-state index < -0.39 is 5.97 Å². The molecule has 3 rings (SSSR count). The SMILES string of the molecule is Cn1ccnc1CN(Cc1ccccc1C(=O)O)C1CC1. The standard InChI is InChI=1S/C16H19N3O2/c1-18-9-8-17-15(18)11-19(13-6-7-13)10-12-4-2-3-5-14(12)16(20)21/h2-5,8-9,13H,6-7,10-11H2,1H3,(H,20,21). The Bertz CT molecular complexity index is 646. The Hall–Kier alpha value is -2.14. The van der Waals surface area contributed by atoms with Crippen molar-refractivity contribution in [3.05, 3.63) is 53.6 Å². The fourth-order valence-corrected chi connectivity index (χ4v) is 2.57. The van der Waals surface area contributed by atoms with E-state index in [-0.39, 0.29) is 0 Å². The number of carboxylic acid groups (broad SMARTS) is 1. The number of rotatable bonds is 6. The lowest BCUT2D eigenvalue weighted by Gasteiger charge is -2.22. The normalized spacial score (nSPS) is 14.6. The molecule has 0 saturated heterocycles. The van der Waals surface area contributed by atoms with E-state index in [2.05, 4.69) is 9.88 Å². The Balaban J connectivity index is 1.80. The average Bonchev–Trinajstić information content (AvgIpc) is 3.23. The van der Waals surface area contributed by atoms with E-state index in [1.54, 1.807) is 18.3 Å². The fraction of sp³-hybridized carbons (Fsp3) is 0.375. The summed E-state index contributed by atoms with van der Waals surface area (Å²) in [5.41, 5.74) is 1.26. The van der Waals surface area contributed by atoms with Crippen LogP contribution >= 0.6 is 0 Å². The predicted octanol–water partition coefficient (Wildman–Crippen LogP) is 2.28. The largest absolute Gasteiger partial charge is 0.478 e. The van der Waals surface area contributed by atoms with Gasteiger partial charge in [-0.1, -0.05) is 18.2 Å². The lowest BCUT2D eigenvalue weighted by molar-refractivity contribution is 0.0694. The third-order valence-corrected chi connectivity index (χ3v) is 3.95. The second-order valence-electron chi connectivity index (χ2n) is 5.55. The van der Waals surface area contributed by atoms with E-state index in [0.29, 0.717) is 18.2 Å². The monoisotopic (exact) mass is 285 g/mol. The van der Waals surface area contributed by atoms with Crippen molar-refractivity contribution >= 4 is 5.97 Å². The van der Waals surface area contributed by atoms with Crippen molar-refractivity contribution in [2.75, 3.05) is 0 Å². The van der Waals surface area contributed by atoms with Crippen molar-refractivity contribution in [1.29, 1.82) is 0 Å². The maximum absolute atomic E-state index is 11.3. The van der Waals surface area contributed by atoms with Gasteiger partial charge in [0, 0.05) is 32.0 Å². The van der Waals surface area contributed by atoms with Crippen molar-refractivity contribution in [3.8, 4) is 0 Å². The summed E-state index contributed by atoms with van der Waals surface area (Å²) in [6.45, 7) is 1.40. The first-order chi connectivity index (χ1) is 10.1. The van der Waals surface area contributed by atoms with Crippen LogP contribution < -0.4 is 0 Å². The Morgan fingerprint density at radius 3 is 2.76 bits per heavy atom. The van der Waals surface area contributed by atoms with Gasteiger partial charge in [-0.15, -0.1) is 0 Å². The van der Waals surface area contributed by atoms with Crippen LogP contribution in [0.1, 0.15) is 34.6 Å². The van der Waals surface area contributed by atoms with Gasteiger partial charge in [0.15, 0.2) is 0 Å². The third kappa shape index (κ3) is 3.13. The molecule has 1 heterocycles. The van der Waals surface area contributed by atoms with Crippen LogP contribution in [0.25, 0.3) is 0 Å². The molecule has 110 valence electrons. The summed E-state index contributed by atoms with van der Waals surface area (Å²) >= 11 is 0. The number of imidazole rings is 1. The molecule has 2 aromatic rings. The molecular weight excluding hydrogens is 266 g/mol. The van der Waals surface area contributed by atoms with Crippen LogP contribution in [-0.2, 0) is 20.1 Å². The highest BCUT2D eigenvalue weighted by Crippen LogP contribution is 2.30. The molecule has 0 atom stereocenters. The van der Waals surface area contributed by atoms with Crippen LogP contribution in [0.2, 0.25) is 0 Å². The van der Waals surface area contributed by atoms with Crippen LogP contribution in [0, 0.1) is 0 Å². The first kappa shape index (κ1) is 13.8. The van der Waals surface area contributed by atoms with Gasteiger partial charge in [-0.25, -0.2) is 9.78 Å². The zero-order valence-corrected chi connectivity index (χ0v) is 12.1. The van der Waals surface area contributed by atoms with Crippen molar-refractivity contribution in [1.82, 2.24) is 14.5 Å². The average molecular weight is 285 g/mol. The van der Waals surface area contributed by atoms with Crippen molar-refractivity contribution in [2.24, 2.45) is 7.05 Å². The number of nitrogens with zero attached hydrogens (tertiary/aromatic N) is 3. The second-order valence-corrected chi connectivity index (χ2v) is 5.55. The van der Waals surface area contributed by atoms with E-state index >= 15 is 0 Å². The van der Waals surface area contributed by atoms with Gasteiger partial charge in [0.1, 0.15) is 5.82 Å². The summed E-state index contributed by atoms with van der Waals surface area (Å²) < 4.78 is 2.01. The number of benzene rings is 1. The summed E-state index contributed by atoms with van der Waals surface area (Å²) in [5, 5.41) is 9.30. The minimum absolute atomic E-state index is 0.392.